The van der Waals surface area contributed by atoms with E-state index in [2.05, 4.69) is 98.9 Å². The molecule has 0 aliphatic carbocycles. The van der Waals surface area contributed by atoms with Crippen LogP contribution in [0.5, 0.6) is 0 Å². The molecule has 0 atom stereocenters. The topological polar surface area (TPSA) is 51.1 Å². The molecule has 10 aromatic rings. The lowest BCUT2D eigenvalue weighted by molar-refractivity contribution is 0.669. The van der Waals surface area contributed by atoms with Gasteiger partial charge in [-0.3, -0.25) is 0 Å². The second kappa shape index (κ2) is 10.2. The molecule has 0 aliphatic rings. The molecule has 0 bridgehead atoms. The summed E-state index contributed by atoms with van der Waals surface area (Å²) in [4.78, 5) is 4.01. The zero-order valence-electron chi connectivity index (χ0n) is 26.1. The Morgan fingerprint density at radius 3 is 1.88 bits per heavy atom. The smallest absolute Gasteiger partial charge is 0.210 e. The maximum atomic E-state index is 10.2. The summed E-state index contributed by atoms with van der Waals surface area (Å²) < 4.78 is 10.8. The highest BCUT2D eigenvalue weighted by Crippen LogP contribution is 2.43. The summed E-state index contributed by atoms with van der Waals surface area (Å²) in [6.07, 6.45) is 0. The second-order valence-electron chi connectivity index (χ2n) is 12.4. The zero-order chi connectivity index (χ0) is 32.6. The van der Waals surface area contributed by atoms with Crippen molar-refractivity contribution < 1.29 is 4.42 Å². The predicted molar refractivity (Wildman–Crippen MR) is 199 cm³/mol. The summed E-state index contributed by atoms with van der Waals surface area (Å²) in [6, 6.07) is 51.8. The van der Waals surface area contributed by atoms with Crippen LogP contribution in [0.1, 0.15) is 5.56 Å². The van der Waals surface area contributed by atoms with Gasteiger partial charge in [-0.25, -0.2) is 4.85 Å². The SMILES string of the molecule is [C-]#[N+]c1ccc(-c2cc(C#N)cc(-n3c4ccccc4c4ccccc43)c2)cc1-n1c2ccccc2c2ccc3oc4ccccc4c3c21. The van der Waals surface area contributed by atoms with Crippen LogP contribution in [-0.2, 0) is 0 Å². The highest BCUT2D eigenvalue weighted by Gasteiger charge is 2.21. The summed E-state index contributed by atoms with van der Waals surface area (Å²) in [5.41, 5.74) is 10.4. The highest BCUT2D eigenvalue weighted by atomic mass is 16.3. The molecule has 49 heavy (non-hydrogen) atoms. The van der Waals surface area contributed by atoms with Crippen LogP contribution in [0.3, 0.4) is 0 Å². The van der Waals surface area contributed by atoms with Gasteiger partial charge in [0.1, 0.15) is 11.2 Å². The fraction of sp³-hybridized carbons (Fsp3) is 0. The summed E-state index contributed by atoms with van der Waals surface area (Å²) in [5, 5.41) is 16.8. The normalized spacial score (nSPS) is 11.6. The minimum Gasteiger partial charge on any atom is -0.456 e. The third-order valence-electron chi connectivity index (χ3n) is 9.73. The number of furan rings is 1. The molecule has 3 aromatic heterocycles. The monoisotopic (exact) mass is 624 g/mol. The molecule has 0 saturated carbocycles. The van der Waals surface area contributed by atoms with E-state index in [1.54, 1.807) is 0 Å². The van der Waals surface area contributed by atoms with Crippen molar-refractivity contribution in [2.24, 2.45) is 0 Å². The standard InChI is InChI=1S/C44H24N4O/c1-46-36-20-18-28(29-22-27(26-45)23-30(24-29)47-37-14-6-2-10-31(37)32-11-3-7-15-38(32)47)25-40(36)48-39-16-8-4-12-33(39)34-19-21-42-43(44(34)48)35-13-5-9-17-41(35)49-42/h2-25H. The number of nitriles is 1. The number of benzene rings is 7. The van der Waals surface area contributed by atoms with Crippen LogP contribution in [0.2, 0.25) is 0 Å². The van der Waals surface area contributed by atoms with Gasteiger partial charge in [-0.1, -0.05) is 84.9 Å². The van der Waals surface area contributed by atoms with Crippen molar-refractivity contribution in [1.29, 1.82) is 5.26 Å². The first-order valence-electron chi connectivity index (χ1n) is 16.1. The number of para-hydroxylation sites is 4. The van der Waals surface area contributed by atoms with E-state index in [1.807, 2.05) is 66.7 Å². The molecule has 0 fully saturated rings. The number of aromatic nitrogens is 2. The van der Waals surface area contributed by atoms with E-state index in [4.69, 9.17) is 11.0 Å². The Morgan fingerprint density at radius 1 is 0.551 bits per heavy atom. The van der Waals surface area contributed by atoms with Crippen molar-refractivity contribution in [3.8, 4) is 28.6 Å². The molecule has 0 saturated heterocycles. The van der Waals surface area contributed by atoms with Crippen LogP contribution in [0, 0.1) is 17.9 Å². The Hall–Kier alpha value is -7.08. The van der Waals surface area contributed by atoms with Gasteiger partial charge in [0.05, 0.1) is 51.3 Å². The molecule has 10 rings (SSSR count). The van der Waals surface area contributed by atoms with Gasteiger partial charge in [0.2, 0.25) is 5.69 Å². The van der Waals surface area contributed by atoms with E-state index in [1.165, 1.54) is 0 Å². The highest BCUT2D eigenvalue weighted by molar-refractivity contribution is 6.24. The van der Waals surface area contributed by atoms with Crippen molar-refractivity contribution in [1.82, 2.24) is 9.13 Å². The Morgan fingerprint density at radius 2 is 1.18 bits per heavy atom. The van der Waals surface area contributed by atoms with Crippen LogP contribution in [0.15, 0.2) is 150 Å². The lowest BCUT2D eigenvalue weighted by atomic mass is 10.0. The van der Waals surface area contributed by atoms with E-state index in [0.29, 0.717) is 11.3 Å². The third kappa shape index (κ3) is 3.85. The Bertz CT molecular complexity index is 3030. The van der Waals surface area contributed by atoms with Crippen LogP contribution in [0.4, 0.5) is 5.69 Å². The van der Waals surface area contributed by atoms with Crippen LogP contribution >= 0.6 is 0 Å². The quantitative estimate of drug-likeness (QED) is 0.184. The second-order valence-corrected chi connectivity index (χ2v) is 12.4. The van der Waals surface area contributed by atoms with Gasteiger partial charge in [-0.05, 0) is 71.8 Å². The van der Waals surface area contributed by atoms with Crippen molar-refractivity contribution in [2.75, 3.05) is 0 Å². The lowest BCUT2D eigenvalue weighted by Crippen LogP contribution is -1.97. The van der Waals surface area contributed by atoms with Crippen molar-refractivity contribution in [3.05, 3.63) is 163 Å². The molecular weight excluding hydrogens is 601 g/mol. The number of hydrogen-bond donors (Lipinski definition) is 0. The van der Waals surface area contributed by atoms with Crippen LogP contribution < -0.4 is 0 Å². The summed E-state index contributed by atoms with van der Waals surface area (Å²) >= 11 is 0. The summed E-state index contributed by atoms with van der Waals surface area (Å²) in [5.74, 6) is 0. The van der Waals surface area contributed by atoms with Gasteiger partial charge in [0, 0.05) is 32.6 Å². The van der Waals surface area contributed by atoms with Crippen LogP contribution in [0.25, 0.3) is 92.9 Å². The van der Waals surface area contributed by atoms with Gasteiger partial charge >= 0.3 is 0 Å². The fourth-order valence-corrected chi connectivity index (χ4v) is 7.66. The average Bonchev–Trinajstić information content (AvgIpc) is 3.82. The molecule has 0 spiro atoms. The van der Waals surface area contributed by atoms with Crippen molar-refractivity contribution in [2.45, 2.75) is 0 Å². The molecule has 0 aliphatic heterocycles. The average molecular weight is 625 g/mol. The van der Waals surface area contributed by atoms with E-state index >= 15 is 0 Å². The third-order valence-corrected chi connectivity index (χ3v) is 9.73. The minimum atomic E-state index is 0.537. The van der Waals surface area contributed by atoms with Gasteiger partial charge < -0.3 is 13.6 Å². The first-order chi connectivity index (χ1) is 24.2. The molecule has 3 heterocycles. The van der Waals surface area contributed by atoms with E-state index in [9.17, 15) is 5.26 Å². The van der Waals surface area contributed by atoms with E-state index in [-0.39, 0.29) is 0 Å². The van der Waals surface area contributed by atoms with Gasteiger partial charge in [0.25, 0.3) is 0 Å². The summed E-state index contributed by atoms with van der Waals surface area (Å²) in [7, 11) is 0. The summed E-state index contributed by atoms with van der Waals surface area (Å²) in [6.45, 7) is 8.24. The molecule has 0 unspecified atom stereocenters. The Kier molecular flexibility index (Phi) is 5.64. The van der Waals surface area contributed by atoms with Gasteiger partial charge in [-0.2, -0.15) is 5.26 Å². The molecular formula is C44H24N4O. The molecule has 0 radical (unpaired) electrons. The van der Waals surface area contributed by atoms with Gasteiger partial charge in [0.15, 0.2) is 0 Å². The lowest BCUT2D eigenvalue weighted by Gasteiger charge is -2.15. The molecule has 0 N–H and O–H groups in total. The first kappa shape index (κ1) is 27.1. The molecule has 226 valence electrons. The molecule has 7 aromatic carbocycles. The number of nitrogens with zero attached hydrogens (tertiary/aromatic N) is 4. The van der Waals surface area contributed by atoms with E-state index in [0.717, 1.165) is 88.1 Å². The van der Waals surface area contributed by atoms with Gasteiger partial charge in [-0.15, -0.1) is 0 Å². The molecule has 5 heteroatoms. The van der Waals surface area contributed by atoms with E-state index < -0.39 is 0 Å². The largest absolute Gasteiger partial charge is 0.456 e. The predicted octanol–water partition coefficient (Wildman–Crippen LogP) is 11.9. The number of rotatable bonds is 3. The molecule has 0 amide bonds. The first-order valence-corrected chi connectivity index (χ1v) is 16.1. The fourth-order valence-electron chi connectivity index (χ4n) is 7.66. The minimum absolute atomic E-state index is 0.537. The van der Waals surface area contributed by atoms with Crippen molar-refractivity contribution in [3.63, 3.8) is 0 Å². The maximum Gasteiger partial charge on any atom is 0.210 e. The zero-order valence-corrected chi connectivity index (χ0v) is 26.1. The van der Waals surface area contributed by atoms with Crippen LogP contribution in [-0.4, -0.2) is 9.13 Å². The number of fused-ring (bicyclic) bond motifs is 10. The maximum absolute atomic E-state index is 10.2. The van der Waals surface area contributed by atoms with Crippen molar-refractivity contribution >= 4 is 71.2 Å². The Labute approximate surface area is 280 Å². The number of hydrogen-bond acceptors (Lipinski definition) is 2. The Balaban J connectivity index is 1.27. The molecule has 5 nitrogen and oxygen atoms in total.